The first-order valence-corrected chi connectivity index (χ1v) is 9.92. The molecule has 0 amide bonds. The molecule has 0 radical (unpaired) electrons. The molecule has 150 valence electrons. The van der Waals surface area contributed by atoms with Crippen molar-refractivity contribution in [2.75, 3.05) is 6.61 Å². The van der Waals surface area contributed by atoms with Gasteiger partial charge in [0.05, 0.1) is 0 Å². The number of aryl methyl sites for hydroxylation is 4. The Balaban J connectivity index is 1.47. The lowest BCUT2D eigenvalue weighted by molar-refractivity contribution is -0.147. The van der Waals surface area contributed by atoms with Crippen molar-refractivity contribution in [1.82, 2.24) is 0 Å². The van der Waals surface area contributed by atoms with E-state index >= 15 is 0 Å². The van der Waals surface area contributed by atoms with E-state index in [2.05, 4.69) is 0 Å². The third-order valence-electron chi connectivity index (χ3n) is 5.19. The Morgan fingerprint density at radius 3 is 2.48 bits per heavy atom. The number of esters is 1. The van der Waals surface area contributed by atoms with Crippen molar-refractivity contribution in [3.05, 3.63) is 73.6 Å². The van der Waals surface area contributed by atoms with E-state index in [1.807, 2.05) is 26.0 Å². The zero-order valence-corrected chi connectivity index (χ0v) is 17.1. The van der Waals surface area contributed by atoms with Crippen LogP contribution in [-0.4, -0.2) is 12.6 Å². The van der Waals surface area contributed by atoms with Crippen molar-refractivity contribution in [3.63, 3.8) is 0 Å². The maximum Gasteiger partial charge on any atom is 0.344 e. The number of benzene rings is 2. The van der Waals surface area contributed by atoms with E-state index in [0.29, 0.717) is 21.9 Å². The van der Waals surface area contributed by atoms with Crippen LogP contribution in [0, 0.1) is 13.8 Å². The summed E-state index contributed by atoms with van der Waals surface area (Å²) in [6, 6.07) is 8.91. The molecule has 2 aromatic carbocycles. The first-order valence-electron chi connectivity index (χ1n) is 9.54. The van der Waals surface area contributed by atoms with Gasteiger partial charge in [0.2, 0.25) is 0 Å². The van der Waals surface area contributed by atoms with Gasteiger partial charge in [0, 0.05) is 22.0 Å². The summed E-state index contributed by atoms with van der Waals surface area (Å²) in [7, 11) is 0. The average molecular weight is 413 g/mol. The van der Waals surface area contributed by atoms with Crippen LogP contribution in [0.15, 0.2) is 39.5 Å². The molecule has 29 heavy (non-hydrogen) atoms. The number of carbonyl (C=O) groups excluding carboxylic acids is 1. The van der Waals surface area contributed by atoms with Crippen LogP contribution < -0.4 is 10.4 Å². The van der Waals surface area contributed by atoms with Crippen LogP contribution in [0.2, 0.25) is 5.02 Å². The summed E-state index contributed by atoms with van der Waals surface area (Å²) in [6.45, 7) is 3.50. The quantitative estimate of drug-likeness (QED) is 0.450. The standard InChI is InChI=1S/C23H21ClO5/c1-13-6-18(24)7-14(2)23(13)28-12-22(26)27-11-17-10-21(25)29-20-9-16-5-3-4-15(16)8-19(17)20/h6-10H,3-5,11-12H2,1-2H3. The minimum atomic E-state index is -0.513. The summed E-state index contributed by atoms with van der Waals surface area (Å²) >= 11 is 6.02. The summed E-state index contributed by atoms with van der Waals surface area (Å²) in [6.07, 6.45) is 3.10. The maximum absolute atomic E-state index is 12.2. The second-order valence-corrected chi connectivity index (χ2v) is 7.82. The molecular weight excluding hydrogens is 392 g/mol. The Morgan fingerprint density at radius 1 is 1.07 bits per heavy atom. The molecule has 1 heterocycles. The van der Waals surface area contributed by atoms with Gasteiger partial charge in [-0.25, -0.2) is 9.59 Å². The van der Waals surface area contributed by atoms with Crippen molar-refractivity contribution < 1.29 is 18.7 Å². The monoisotopic (exact) mass is 412 g/mol. The van der Waals surface area contributed by atoms with Crippen molar-refractivity contribution in [2.45, 2.75) is 39.7 Å². The van der Waals surface area contributed by atoms with E-state index in [4.69, 9.17) is 25.5 Å². The minimum absolute atomic E-state index is 0.0122. The lowest BCUT2D eigenvalue weighted by Crippen LogP contribution is -2.16. The highest BCUT2D eigenvalue weighted by atomic mass is 35.5. The van der Waals surface area contributed by atoms with Crippen molar-refractivity contribution in [2.24, 2.45) is 0 Å². The minimum Gasteiger partial charge on any atom is -0.481 e. The predicted molar refractivity (Wildman–Crippen MR) is 111 cm³/mol. The average Bonchev–Trinajstić information content (AvgIpc) is 3.10. The van der Waals surface area contributed by atoms with E-state index in [9.17, 15) is 9.59 Å². The fraction of sp³-hybridized carbons (Fsp3) is 0.304. The normalized spacial score (nSPS) is 12.8. The molecular formula is C23H21ClO5. The molecule has 0 saturated heterocycles. The van der Waals surface area contributed by atoms with Gasteiger partial charge in [-0.1, -0.05) is 11.6 Å². The number of hydrogen-bond acceptors (Lipinski definition) is 5. The third-order valence-corrected chi connectivity index (χ3v) is 5.41. The zero-order chi connectivity index (χ0) is 20.5. The summed E-state index contributed by atoms with van der Waals surface area (Å²) in [5.74, 6) is 0.106. The van der Waals surface area contributed by atoms with Crippen LogP contribution in [0.3, 0.4) is 0 Å². The molecule has 1 aromatic heterocycles. The van der Waals surface area contributed by atoms with Crippen molar-refractivity contribution in [3.8, 4) is 5.75 Å². The van der Waals surface area contributed by atoms with E-state index in [1.165, 1.54) is 17.2 Å². The van der Waals surface area contributed by atoms with E-state index in [-0.39, 0.29) is 13.2 Å². The Morgan fingerprint density at radius 2 is 1.76 bits per heavy atom. The zero-order valence-electron chi connectivity index (χ0n) is 16.3. The highest BCUT2D eigenvalue weighted by Crippen LogP contribution is 2.29. The van der Waals surface area contributed by atoms with Crippen LogP contribution in [0.5, 0.6) is 5.75 Å². The topological polar surface area (TPSA) is 65.7 Å². The van der Waals surface area contributed by atoms with Gasteiger partial charge in [-0.05, 0) is 79.6 Å². The second kappa shape index (κ2) is 7.91. The number of fused-ring (bicyclic) bond motifs is 2. The number of hydrogen-bond donors (Lipinski definition) is 0. The fourth-order valence-corrected chi connectivity index (χ4v) is 4.20. The molecule has 0 fully saturated rings. The molecule has 0 atom stereocenters. The van der Waals surface area contributed by atoms with Gasteiger partial charge in [-0.3, -0.25) is 0 Å². The predicted octanol–water partition coefficient (Wildman–Crippen LogP) is 4.67. The molecule has 3 aromatic rings. The van der Waals surface area contributed by atoms with Crippen LogP contribution in [0.25, 0.3) is 11.0 Å². The number of halogens is 1. The highest BCUT2D eigenvalue weighted by Gasteiger charge is 2.16. The molecule has 4 rings (SSSR count). The molecule has 6 heteroatoms. The molecule has 0 aliphatic heterocycles. The smallest absolute Gasteiger partial charge is 0.344 e. The van der Waals surface area contributed by atoms with Gasteiger partial charge in [-0.2, -0.15) is 0 Å². The first-order chi connectivity index (χ1) is 13.9. The molecule has 1 aliphatic carbocycles. The van der Waals surface area contributed by atoms with Crippen LogP contribution in [-0.2, 0) is 29.0 Å². The van der Waals surface area contributed by atoms with E-state index in [0.717, 1.165) is 35.8 Å². The van der Waals surface area contributed by atoms with Crippen LogP contribution in [0.4, 0.5) is 0 Å². The lowest BCUT2D eigenvalue weighted by Gasteiger charge is -2.13. The summed E-state index contributed by atoms with van der Waals surface area (Å²) < 4.78 is 16.3. The Labute approximate surface area is 173 Å². The molecule has 0 unspecified atom stereocenters. The van der Waals surface area contributed by atoms with E-state index in [1.54, 1.807) is 12.1 Å². The van der Waals surface area contributed by atoms with Gasteiger partial charge in [0.15, 0.2) is 6.61 Å². The summed E-state index contributed by atoms with van der Waals surface area (Å²) in [5.41, 5.74) is 4.90. The molecule has 5 nitrogen and oxygen atoms in total. The number of ether oxygens (including phenoxy) is 2. The fourth-order valence-electron chi connectivity index (χ4n) is 3.87. The molecule has 0 spiro atoms. The SMILES string of the molecule is Cc1cc(Cl)cc(C)c1OCC(=O)OCc1cc(=O)oc2cc3c(cc12)CCC3. The van der Waals surface area contributed by atoms with E-state index < -0.39 is 11.6 Å². The highest BCUT2D eigenvalue weighted by molar-refractivity contribution is 6.30. The maximum atomic E-state index is 12.2. The Bertz CT molecular complexity index is 1140. The van der Waals surface area contributed by atoms with Gasteiger partial charge in [0.1, 0.15) is 17.9 Å². The van der Waals surface area contributed by atoms with Gasteiger partial charge in [0.25, 0.3) is 0 Å². The molecule has 0 bridgehead atoms. The van der Waals surface area contributed by atoms with Crippen molar-refractivity contribution in [1.29, 1.82) is 0 Å². The lowest BCUT2D eigenvalue weighted by atomic mass is 10.0. The second-order valence-electron chi connectivity index (χ2n) is 7.38. The summed E-state index contributed by atoms with van der Waals surface area (Å²) in [5, 5.41) is 1.43. The van der Waals surface area contributed by atoms with Crippen molar-refractivity contribution >= 4 is 28.5 Å². The third kappa shape index (κ3) is 4.15. The number of carbonyl (C=O) groups is 1. The van der Waals surface area contributed by atoms with Gasteiger partial charge in [-0.15, -0.1) is 0 Å². The number of rotatable bonds is 5. The summed E-state index contributed by atoms with van der Waals surface area (Å²) in [4.78, 5) is 24.1. The van der Waals surface area contributed by atoms with Gasteiger partial charge < -0.3 is 13.9 Å². The van der Waals surface area contributed by atoms with Crippen LogP contribution >= 0.6 is 11.6 Å². The first kappa shape index (κ1) is 19.5. The Kier molecular flexibility index (Phi) is 5.33. The molecule has 0 saturated carbocycles. The van der Waals surface area contributed by atoms with Gasteiger partial charge >= 0.3 is 11.6 Å². The largest absolute Gasteiger partial charge is 0.481 e. The molecule has 0 N–H and O–H groups in total. The Hall–Kier alpha value is -2.79. The van der Waals surface area contributed by atoms with Crippen LogP contribution in [0.1, 0.15) is 34.2 Å². The molecule has 1 aliphatic rings.